The maximum atomic E-state index is 13.2. The van der Waals surface area contributed by atoms with Gasteiger partial charge in [0.15, 0.2) is 11.5 Å². The van der Waals surface area contributed by atoms with E-state index >= 15 is 0 Å². The van der Waals surface area contributed by atoms with Crippen molar-refractivity contribution < 1.29 is 33.3 Å². The van der Waals surface area contributed by atoms with Crippen LogP contribution in [0.1, 0.15) is 22.9 Å². The van der Waals surface area contributed by atoms with Gasteiger partial charge >= 0.3 is 0 Å². The first-order valence-electron chi connectivity index (χ1n) is 10.8. The fourth-order valence-electron chi connectivity index (χ4n) is 4.00. The van der Waals surface area contributed by atoms with E-state index in [1.54, 1.807) is 60.7 Å². The van der Waals surface area contributed by atoms with E-state index in [2.05, 4.69) is 6.58 Å². The van der Waals surface area contributed by atoms with Crippen molar-refractivity contribution in [2.75, 3.05) is 20.8 Å². The van der Waals surface area contributed by atoms with E-state index in [1.165, 1.54) is 25.4 Å². The maximum absolute atomic E-state index is 13.2. The lowest BCUT2D eigenvalue weighted by Crippen LogP contribution is -2.29. The van der Waals surface area contributed by atoms with Crippen LogP contribution in [0.5, 0.6) is 17.2 Å². The fourth-order valence-corrected chi connectivity index (χ4v) is 4.00. The van der Waals surface area contributed by atoms with Crippen molar-refractivity contribution in [2.24, 2.45) is 0 Å². The molecule has 0 aliphatic carbocycles. The van der Waals surface area contributed by atoms with Gasteiger partial charge < -0.3 is 28.6 Å². The summed E-state index contributed by atoms with van der Waals surface area (Å²) in [5, 5.41) is 11.3. The number of likely N-dealkylation sites (tertiary alicyclic amines) is 1. The monoisotopic (exact) mass is 475 g/mol. The number of carbonyl (C=O) groups is 2. The first-order chi connectivity index (χ1) is 17.0. The molecule has 3 aromatic rings. The molecule has 1 aliphatic heterocycles. The SMILES string of the molecule is C=CCOc1ccc([C@H]2C(=C(O)c3ccc(OC)c(OC)c3)C(=O)C(=O)N2Cc2ccco2)cc1. The molecule has 35 heavy (non-hydrogen) atoms. The number of nitrogens with zero attached hydrogens (tertiary/aromatic N) is 1. The Morgan fingerprint density at radius 2 is 1.83 bits per heavy atom. The molecular weight excluding hydrogens is 450 g/mol. The molecule has 0 bridgehead atoms. The van der Waals surface area contributed by atoms with Gasteiger partial charge in [-0.25, -0.2) is 0 Å². The molecule has 0 radical (unpaired) electrons. The van der Waals surface area contributed by atoms with Gasteiger partial charge in [-0.15, -0.1) is 0 Å². The van der Waals surface area contributed by atoms with Gasteiger partial charge in [-0.3, -0.25) is 9.59 Å². The number of benzene rings is 2. The Labute approximate surface area is 202 Å². The lowest BCUT2D eigenvalue weighted by atomic mass is 9.95. The normalized spacial score (nSPS) is 16.9. The molecule has 0 unspecified atom stereocenters. The number of Topliss-reactive ketones (excluding diaryl/α,β-unsaturated/α-hetero) is 1. The molecule has 1 amide bonds. The Kier molecular flexibility index (Phi) is 6.91. The smallest absolute Gasteiger partial charge is 0.296 e. The molecule has 4 rings (SSSR count). The first kappa shape index (κ1) is 23.7. The Balaban J connectivity index is 1.82. The summed E-state index contributed by atoms with van der Waals surface area (Å²) in [6.45, 7) is 4.03. The number of furan rings is 1. The van der Waals surface area contributed by atoms with E-state index in [-0.39, 0.29) is 17.9 Å². The lowest BCUT2D eigenvalue weighted by Gasteiger charge is -2.24. The summed E-state index contributed by atoms with van der Waals surface area (Å²) in [4.78, 5) is 27.7. The second kappa shape index (κ2) is 10.2. The molecule has 8 heteroatoms. The topological polar surface area (TPSA) is 98.4 Å². The van der Waals surface area contributed by atoms with E-state index in [4.69, 9.17) is 18.6 Å². The van der Waals surface area contributed by atoms with E-state index in [1.807, 2.05) is 0 Å². The van der Waals surface area contributed by atoms with Gasteiger partial charge in [0.25, 0.3) is 11.7 Å². The molecule has 2 aromatic carbocycles. The van der Waals surface area contributed by atoms with Crippen LogP contribution in [-0.4, -0.2) is 42.5 Å². The molecule has 1 aliphatic rings. The molecular formula is C27H25NO7. The highest BCUT2D eigenvalue weighted by molar-refractivity contribution is 6.46. The lowest BCUT2D eigenvalue weighted by molar-refractivity contribution is -0.140. The van der Waals surface area contributed by atoms with Crippen molar-refractivity contribution in [3.05, 3.63) is 96.0 Å². The average molecular weight is 475 g/mol. The molecule has 1 N–H and O–H groups in total. The van der Waals surface area contributed by atoms with Gasteiger partial charge in [0.05, 0.1) is 38.6 Å². The maximum Gasteiger partial charge on any atom is 0.296 e. The second-order valence-corrected chi connectivity index (χ2v) is 7.74. The number of methoxy groups -OCH3 is 2. The number of ketones is 1. The van der Waals surface area contributed by atoms with Crippen molar-refractivity contribution in [1.29, 1.82) is 0 Å². The molecule has 8 nitrogen and oxygen atoms in total. The minimum atomic E-state index is -0.846. The van der Waals surface area contributed by atoms with Crippen LogP contribution in [0.25, 0.3) is 5.76 Å². The summed E-state index contributed by atoms with van der Waals surface area (Å²) in [5.74, 6) is 0.116. The zero-order valence-electron chi connectivity index (χ0n) is 19.4. The summed E-state index contributed by atoms with van der Waals surface area (Å²) in [6.07, 6.45) is 3.13. The van der Waals surface area contributed by atoms with E-state index in [0.717, 1.165) is 0 Å². The molecule has 1 saturated heterocycles. The summed E-state index contributed by atoms with van der Waals surface area (Å²) in [7, 11) is 2.97. The van der Waals surface area contributed by atoms with Gasteiger partial charge in [0.2, 0.25) is 0 Å². The minimum absolute atomic E-state index is 0.0338. The largest absolute Gasteiger partial charge is 0.507 e. The Hall–Kier alpha value is -4.46. The van der Waals surface area contributed by atoms with Crippen molar-refractivity contribution in [3.8, 4) is 17.2 Å². The van der Waals surface area contributed by atoms with Crippen molar-refractivity contribution >= 4 is 17.4 Å². The number of carbonyl (C=O) groups excluding carboxylic acids is 2. The van der Waals surface area contributed by atoms with Crippen LogP contribution in [0.4, 0.5) is 0 Å². The van der Waals surface area contributed by atoms with E-state index in [9.17, 15) is 14.7 Å². The summed E-state index contributed by atoms with van der Waals surface area (Å²) in [5.41, 5.74) is 0.909. The Bertz CT molecular complexity index is 1260. The molecule has 1 aromatic heterocycles. The predicted octanol–water partition coefficient (Wildman–Crippen LogP) is 4.48. The molecule has 1 atom stereocenters. The Morgan fingerprint density at radius 3 is 2.46 bits per heavy atom. The van der Waals surface area contributed by atoms with E-state index in [0.29, 0.717) is 40.7 Å². The van der Waals surface area contributed by atoms with Gasteiger partial charge in [0.1, 0.15) is 23.9 Å². The number of hydrogen-bond donors (Lipinski definition) is 1. The highest BCUT2D eigenvalue weighted by atomic mass is 16.5. The van der Waals surface area contributed by atoms with Gasteiger partial charge in [0, 0.05) is 5.56 Å². The second-order valence-electron chi connectivity index (χ2n) is 7.74. The van der Waals surface area contributed by atoms with Crippen LogP contribution in [-0.2, 0) is 16.1 Å². The highest BCUT2D eigenvalue weighted by Crippen LogP contribution is 2.41. The van der Waals surface area contributed by atoms with Crippen molar-refractivity contribution in [3.63, 3.8) is 0 Å². The first-order valence-corrected chi connectivity index (χ1v) is 10.8. The molecule has 0 spiro atoms. The molecule has 180 valence electrons. The van der Waals surface area contributed by atoms with Crippen LogP contribution in [0.2, 0.25) is 0 Å². The van der Waals surface area contributed by atoms with Gasteiger partial charge in [-0.1, -0.05) is 24.8 Å². The standard InChI is InChI=1S/C27H25NO7/c1-4-13-34-19-10-7-17(8-11-19)24-23(25(29)18-9-12-21(32-2)22(15-18)33-3)26(30)27(31)28(24)16-20-6-5-14-35-20/h4-12,14-15,24,29H,1,13,16H2,2-3H3/t24-/m0/s1. The van der Waals surface area contributed by atoms with Crippen LogP contribution >= 0.6 is 0 Å². The van der Waals surface area contributed by atoms with Crippen LogP contribution < -0.4 is 14.2 Å². The number of hydrogen-bond acceptors (Lipinski definition) is 7. The third kappa shape index (κ3) is 4.63. The van der Waals surface area contributed by atoms with Gasteiger partial charge in [-0.2, -0.15) is 0 Å². The number of amides is 1. The van der Waals surface area contributed by atoms with Crippen LogP contribution in [0.3, 0.4) is 0 Å². The number of rotatable bonds is 9. The number of aliphatic hydroxyl groups excluding tert-OH is 1. The number of aliphatic hydroxyl groups is 1. The van der Waals surface area contributed by atoms with Gasteiger partial charge in [-0.05, 0) is 48.0 Å². The molecule has 1 fully saturated rings. The van der Waals surface area contributed by atoms with E-state index < -0.39 is 17.7 Å². The Morgan fingerprint density at radius 1 is 1.09 bits per heavy atom. The fraction of sp³-hybridized carbons (Fsp3) is 0.185. The minimum Gasteiger partial charge on any atom is -0.507 e. The third-order valence-electron chi connectivity index (χ3n) is 5.67. The average Bonchev–Trinajstić information content (AvgIpc) is 3.49. The number of ether oxygens (including phenoxy) is 3. The zero-order chi connectivity index (χ0) is 24.9. The van der Waals surface area contributed by atoms with Crippen molar-refractivity contribution in [2.45, 2.75) is 12.6 Å². The molecule has 2 heterocycles. The predicted molar refractivity (Wildman–Crippen MR) is 128 cm³/mol. The summed E-state index contributed by atoms with van der Waals surface area (Å²) >= 11 is 0. The quantitative estimate of drug-likeness (QED) is 0.211. The van der Waals surface area contributed by atoms with Crippen molar-refractivity contribution in [1.82, 2.24) is 4.90 Å². The summed E-state index contributed by atoms with van der Waals surface area (Å²) < 4.78 is 21.6. The zero-order valence-corrected chi connectivity index (χ0v) is 19.4. The third-order valence-corrected chi connectivity index (χ3v) is 5.67. The van der Waals surface area contributed by atoms with Crippen LogP contribution in [0, 0.1) is 0 Å². The molecule has 0 saturated carbocycles. The summed E-state index contributed by atoms with van der Waals surface area (Å²) in [6, 6.07) is 14.3. The highest BCUT2D eigenvalue weighted by Gasteiger charge is 2.46. The van der Waals surface area contributed by atoms with Crippen LogP contribution in [0.15, 0.2) is 83.5 Å².